The SMILES string of the molecule is Cc1nn(-c2ccc(F)cc2)c2sc(C(=O)NCc3noc(C(C)(C)C)n3)cc12. The van der Waals surface area contributed by atoms with E-state index in [0.29, 0.717) is 16.6 Å². The molecule has 3 heterocycles. The fraction of sp³-hybridized carbons (Fsp3) is 0.300. The third kappa shape index (κ3) is 3.77. The van der Waals surface area contributed by atoms with Crippen molar-refractivity contribution in [3.05, 3.63) is 58.4 Å². The predicted molar refractivity (Wildman–Crippen MR) is 108 cm³/mol. The van der Waals surface area contributed by atoms with Crippen LogP contribution in [0.1, 0.15) is 47.9 Å². The van der Waals surface area contributed by atoms with Crippen LogP contribution < -0.4 is 5.32 Å². The maximum Gasteiger partial charge on any atom is 0.261 e. The van der Waals surface area contributed by atoms with Crippen molar-refractivity contribution in [1.29, 1.82) is 0 Å². The van der Waals surface area contributed by atoms with E-state index in [1.807, 2.05) is 33.8 Å². The highest BCUT2D eigenvalue weighted by molar-refractivity contribution is 7.20. The van der Waals surface area contributed by atoms with Gasteiger partial charge in [0.2, 0.25) is 5.89 Å². The van der Waals surface area contributed by atoms with E-state index in [1.54, 1.807) is 16.8 Å². The lowest BCUT2D eigenvalue weighted by atomic mass is 9.97. The second kappa shape index (κ2) is 7.07. The molecule has 4 aromatic rings. The van der Waals surface area contributed by atoms with E-state index >= 15 is 0 Å². The van der Waals surface area contributed by atoms with Gasteiger partial charge in [-0.1, -0.05) is 25.9 Å². The minimum absolute atomic E-state index is 0.176. The summed E-state index contributed by atoms with van der Waals surface area (Å²) >= 11 is 1.33. The van der Waals surface area contributed by atoms with E-state index < -0.39 is 0 Å². The van der Waals surface area contributed by atoms with Crippen molar-refractivity contribution in [2.45, 2.75) is 39.7 Å². The molecule has 0 spiro atoms. The van der Waals surface area contributed by atoms with Crippen LogP contribution in [0.25, 0.3) is 15.9 Å². The molecule has 0 aliphatic carbocycles. The van der Waals surface area contributed by atoms with Crippen LogP contribution in [0.2, 0.25) is 0 Å². The summed E-state index contributed by atoms with van der Waals surface area (Å²) in [6.45, 7) is 7.99. The Morgan fingerprint density at radius 1 is 1.28 bits per heavy atom. The topological polar surface area (TPSA) is 85.8 Å². The molecule has 150 valence electrons. The van der Waals surface area contributed by atoms with Crippen LogP contribution in [0.5, 0.6) is 0 Å². The van der Waals surface area contributed by atoms with E-state index in [9.17, 15) is 9.18 Å². The van der Waals surface area contributed by atoms with Crippen molar-refractivity contribution in [3.8, 4) is 5.69 Å². The van der Waals surface area contributed by atoms with Gasteiger partial charge >= 0.3 is 0 Å². The van der Waals surface area contributed by atoms with Crippen molar-refractivity contribution in [2.75, 3.05) is 0 Å². The lowest BCUT2D eigenvalue weighted by Gasteiger charge is -2.10. The Hall–Kier alpha value is -3.07. The Morgan fingerprint density at radius 2 is 2.00 bits per heavy atom. The molecule has 0 fully saturated rings. The van der Waals surface area contributed by atoms with Crippen molar-refractivity contribution >= 4 is 27.5 Å². The summed E-state index contributed by atoms with van der Waals surface area (Å²) in [5, 5.41) is 12.1. The minimum Gasteiger partial charge on any atom is -0.344 e. The zero-order chi connectivity index (χ0) is 20.8. The number of carbonyl (C=O) groups excluding carboxylic acids is 1. The number of aryl methyl sites for hydroxylation is 1. The summed E-state index contributed by atoms with van der Waals surface area (Å²) in [7, 11) is 0. The maximum atomic E-state index is 13.2. The zero-order valence-electron chi connectivity index (χ0n) is 16.5. The van der Waals surface area contributed by atoms with Crippen LogP contribution >= 0.6 is 11.3 Å². The second-order valence-electron chi connectivity index (χ2n) is 7.75. The van der Waals surface area contributed by atoms with Crippen LogP contribution in [0.3, 0.4) is 0 Å². The molecule has 1 aromatic carbocycles. The number of benzene rings is 1. The molecular weight excluding hydrogens is 393 g/mol. The standard InChI is InChI=1S/C20H20FN5O2S/c1-11-14-9-15(17(27)22-10-16-23-19(28-25-16)20(2,3)4)29-18(14)26(24-11)13-7-5-12(21)6-8-13/h5-9H,10H2,1-4H3,(H,22,27). The number of halogens is 1. The molecule has 0 radical (unpaired) electrons. The van der Waals surface area contributed by atoms with Gasteiger partial charge in [-0.05, 0) is 37.3 Å². The summed E-state index contributed by atoms with van der Waals surface area (Å²) in [4.78, 5) is 18.3. The lowest BCUT2D eigenvalue weighted by Crippen LogP contribution is -2.22. The average molecular weight is 413 g/mol. The molecule has 0 unspecified atom stereocenters. The van der Waals surface area contributed by atoms with E-state index in [1.165, 1.54) is 23.5 Å². The van der Waals surface area contributed by atoms with Gasteiger partial charge in [0.05, 0.1) is 22.8 Å². The number of thiophene rings is 1. The molecule has 0 aliphatic heterocycles. The zero-order valence-corrected chi connectivity index (χ0v) is 17.3. The number of carbonyl (C=O) groups is 1. The van der Waals surface area contributed by atoms with E-state index in [0.717, 1.165) is 21.6 Å². The number of amides is 1. The number of aromatic nitrogens is 4. The molecule has 7 nitrogen and oxygen atoms in total. The third-order valence-electron chi connectivity index (χ3n) is 4.36. The maximum absolute atomic E-state index is 13.2. The minimum atomic E-state index is -0.309. The van der Waals surface area contributed by atoms with Gasteiger partial charge in [0.15, 0.2) is 5.82 Å². The van der Waals surface area contributed by atoms with Crippen molar-refractivity contribution < 1.29 is 13.7 Å². The van der Waals surface area contributed by atoms with Gasteiger partial charge in [-0.15, -0.1) is 11.3 Å². The first-order valence-corrected chi connectivity index (χ1v) is 9.90. The van der Waals surface area contributed by atoms with E-state index in [2.05, 4.69) is 20.6 Å². The largest absolute Gasteiger partial charge is 0.344 e. The number of hydrogen-bond acceptors (Lipinski definition) is 6. The van der Waals surface area contributed by atoms with Gasteiger partial charge < -0.3 is 9.84 Å². The molecule has 1 N–H and O–H groups in total. The van der Waals surface area contributed by atoms with Gasteiger partial charge in [-0.25, -0.2) is 9.07 Å². The summed E-state index contributed by atoms with van der Waals surface area (Å²) in [5.74, 6) is 0.422. The quantitative estimate of drug-likeness (QED) is 0.543. The highest BCUT2D eigenvalue weighted by Crippen LogP contribution is 2.30. The Balaban J connectivity index is 1.55. The first-order valence-electron chi connectivity index (χ1n) is 9.09. The van der Waals surface area contributed by atoms with Crippen LogP contribution in [-0.2, 0) is 12.0 Å². The molecular formula is C20H20FN5O2S. The number of nitrogens with one attached hydrogen (secondary N) is 1. The summed E-state index contributed by atoms with van der Waals surface area (Å²) < 4.78 is 20.2. The summed E-state index contributed by atoms with van der Waals surface area (Å²) in [6, 6.07) is 7.90. The smallest absolute Gasteiger partial charge is 0.261 e. The normalized spacial score (nSPS) is 11.9. The predicted octanol–water partition coefficient (Wildman–Crippen LogP) is 4.15. The van der Waals surface area contributed by atoms with E-state index in [-0.39, 0.29) is 23.7 Å². The molecule has 0 atom stereocenters. The summed E-state index contributed by atoms with van der Waals surface area (Å²) in [6.07, 6.45) is 0. The molecule has 3 aromatic heterocycles. The van der Waals surface area contributed by atoms with E-state index in [4.69, 9.17) is 4.52 Å². The fourth-order valence-corrected chi connectivity index (χ4v) is 3.89. The molecule has 0 saturated heterocycles. The number of fused-ring (bicyclic) bond motifs is 1. The van der Waals surface area contributed by atoms with Gasteiger partial charge in [0.1, 0.15) is 10.6 Å². The second-order valence-corrected chi connectivity index (χ2v) is 8.78. The monoisotopic (exact) mass is 413 g/mol. The lowest BCUT2D eigenvalue weighted by molar-refractivity contribution is 0.0953. The van der Waals surface area contributed by atoms with Crippen molar-refractivity contribution in [3.63, 3.8) is 0 Å². The Bertz CT molecular complexity index is 1180. The molecule has 0 saturated carbocycles. The molecule has 29 heavy (non-hydrogen) atoms. The number of nitrogens with zero attached hydrogens (tertiary/aromatic N) is 4. The van der Waals surface area contributed by atoms with Gasteiger partial charge in [0.25, 0.3) is 5.91 Å². The fourth-order valence-electron chi connectivity index (χ4n) is 2.79. The number of rotatable bonds is 4. The number of hydrogen-bond donors (Lipinski definition) is 1. The Morgan fingerprint density at radius 3 is 2.66 bits per heavy atom. The van der Waals surface area contributed by atoms with Crippen molar-refractivity contribution in [2.24, 2.45) is 0 Å². The summed E-state index contributed by atoms with van der Waals surface area (Å²) in [5.41, 5.74) is 1.29. The molecule has 1 amide bonds. The van der Waals surface area contributed by atoms with Gasteiger partial charge in [-0.3, -0.25) is 4.79 Å². The van der Waals surface area contributed by atoms with Crippen molar-refractivity contribution in [1.82, 2.24) is 25.2 Å². The highest BCUT2D eigenvalue weighted by atomic mass is 32.1. The van der Waals surface area contributed by atoms with Crippen LogP contribution in [0.4, 0.5) is 4.39 Å². The average Bonchev–Trinajstić information content (AvgIpc) is 3.37. The molecule has 0 bridgehead atoms. The third-order valence-corrected chi connectivity index (χ3v) is 5.47. The molecule has 9 heteroatoms. The van der Waals surface area contributed by atoms with Gasteiger partial charge in [0, 0.05) is 10.8 Å². The van der Waals surface area contributed by atoms with Crippen LogP contribution in [-0.4, -0.2) is 25.8 Å². The van der Waals surface area contributed by atoms with Crippen LogP contribution in [0.15, 0.2) is 34.9 Å². The van der Waals surface area contributed by atoms with Gasteiger partial charge in [-0.2, -0.15) is 10.1 Å². The Labute approximate surface area is 170 Å². The molecule has 4 rings (SSSR count). The Kier molecular flexibility index (Phi) is 4.70. The van der Waals surface area contributed by atoms with Crippen LogP contribution in [0, 0.1) is 12.7 Å². The first-order chi connectivity index (χ1) is 13.7. The first kappa shape index (κ1) is 19.3. The molecule has 0 aliphatic rings. The highest BCUT2D eigenvalue weighted by Gasteiger charge is 2.22.